The number of anilines is 1. The lowest BCUT2D eigenvalue weighted by Crippen LogP contribution is -2.17. The highest BCUT2D eigenvalue weighted by Crippen LogP contribution is 2.30. The SMILES string of the molecule is COC(=O)c1cccc(C#Cc2cccc(NC(=O)Cc3ccc4c(c3)OCCO4)c2)c1. The second kappa shape index (κ2) is 9.71. The van der Waals surface area contributed by atoms with Gasteiger partial charge in [-0.05, 0) is 54.1 Å². The molecule has 0 saturated carbocycles. The Morgan fingerprint density at radius 2 is 1.62 bits per heavy atom. The molecule has 0 aliphatic carbocycles. The first-order chi connectivity index (χ1) is 15.6. The van der Waals surface area contributed by atoms with Crippen LogP contribution in [0.1, 0.15) is 27.0 Å². The molecule has 32 heavy (non-hydrogen) atoms. The molecule has 1 amide bonds. The molecule has 1 aliphatic rings. The lowest BCUT2D eigenvalue weighted by Gasteiger charge is -2.18. The van der Waals surface area contributed by atoms with Crippen molar-refractivity contribution in [3.05, 3.63) is 89.0 Å². The Balaban J connectivity index is 1.42. The molecule has 6 heteroatoms. The van der Waals surface area contributed by atoms with Crippen molar-refractivity contribution < 1.29 is 23.8 Å². The number of carbonyl (C=O) groups is 2. The Morgan fingerprint density at radius 3 is 2.41 bits per heavy atom. The average Bonchev–Trinajstić information content (AvgIpc) is 2.82. The van der Waals surface area contributed by atoms with Gasteiger partial charge in [0.25, 0.3) is 0 Å². The number of carbonyl (C=O) groups excluding carboxylic acids is 2. The van der Waals surface area contributed by atoms with Crippen molar-refractivity contribution in [2.45, 2.75) is 6.42 Å². The minimum atomic E-state index is -0.406. The van der Waals surface area contributed by atoms with Crippen molar-refractivity contribution in [2.75, 3.05) is 25.6 Å². The van der Waals surface area contributed by atoms with Crippen molar-refractivity contribution in [3.8, 4) is 23.3 Å². The number of esters is 1. The molecule has 0 radical (unpaired) electrons. The van der Waals surface area contributed by atoms with Gasteiger partial charge in [-0.25, -0.2) is 4.79 Å². The van der Waals surface area contributed by atoms with E-state index < -0.39 is 5.97 Å². The summed E-state index contributed by atoms with van der Waals surface area (Å²) in [5.74, 6) is 6.91. The Morgan fingerprint density at radius 1 is 0.906 bits per heavy atom. The van der Waals surface area contributed by atoms with Crippen molar-refractivity contribution in [3.63, 3.8) is 0 Å². The van der Waals surface area contributed by atoms with E-state index >= 15 is 0 Å². The molecule has 0 atom stereocenters. The van der Waals surface area contributed by atoms with Crippen LogP contribution in [0.25, 0.3) is 0 Å². The highest BCUT2D eigenvalue weighted by atomic mass is 16.6. The summed E-state index contributed by atoms with van der Waals surface area (Å²) in [6, 6.07) is 19.7. The summed E-state index contributed by atoms with van der Waals surface area (Å²) in [6.07, 6.45) is 0.215. The number of amides is 1. The number of methoxy groups -OCH3 is 1. The van der Waals surface area contributed by atoms with E-state index in [9.17, 15) is 9.59 Å². The van der Waals surface area contributed by atoms with Crippen LogP contribution in [-0.4, -0.2) is 32.2 Å². The molecule has 6 nitrogen and oxygen atoms in total. The zero-order chi connectivity index (χ0) is 22.3. The van der Waals surface area contributed by atoms with Gasteiger partial charge in [-0.15, -0.1) is 0 Å². The van der Waals surface area contributed by atoms with Gasteiger partial charge in [-0.1, -0.05) is 30.0 Å². The zero-order valence-corrected chi connectivity index (χ0v) is 17.5. The summed E-state index contributed by atoms with van der Waals surface area (Å²) in [6.45, 7) is 1.03. The van der Waals surface area contributed by atoms with Crippen LogP contribution in [0.4, 0.5) is 5.69 Å². The monoisotopic (exact) mass is 427 g/mol. The quantitative estimate of drug-likeness (QED) is 0.506. The first-order valence-corrected chi connectivity index (χ1v) is 10.1. The maximum atomic E-state index is 12.5. The zero-order valence-electron chi connectivity index (χ0n) is 17.5. The minimum Gasteiger partial charge on any atom is -0.486 e. The Hall–Kier alpha value is -4.24. The topological polar surface area (TPSA) is 73.9 Å². The van der Waals surface area contributed by atoms with Gasteiger partial charge >= 0.3 is 5.97 Å². The molecule has 0 aromatic heterocycles. The fraction of sp³-hybridized carbons (Fsp3) is 0.154. The van der Waals surface area contributed by atoms with Gasteiger partial charge in [0.1, 0.15) is 13.2 Å². The fourth-order valence-electron chi connectivity index (χ4n) is 3.25. The summed E-state index contributed by atoms with van der Waals surface area (Å²) in [7, 11) is 1.34. The molecular formula is C26H21NO5. The Bertz CT molecular complexity index is 1220. The summed E-state index contributed by atoms with van der Waals surface area (Å²) in [5, 5.41) is 2.90. The van der Waals surface area contributed by atoms with Crippen LogP contribution in [0.2, 0.25) is 0 Å². The van der Waals surface area contributed by atoms with E-state index in [1.807, 2.05) is 42.5 Å². The average molecular weight is 427 g/mol. The molecule has 0 unspecified atom stereocenters. The lowest BCUT2D eigenvalue weighted by molar-refractivity contribution is -0.115. The van der Waals surface area contributed by atoms with Gasteiger partial charge in [0.05, 0.1) is 19.1 Å². The molecule has 1 aliphatic heterocycles. The number of benzene rings is 3. The Labute approximate surface area is 186 Å². The molecule has 1 N–H and O–H groups in total. The largest absolute Gasteiger partial charge is 0.486 e. The van der Waals surface area contributed by atoms with Crippen LogP contribution in [0.15, 0.2) is 66.7 Å². The third kappa shape index (κ3) is 5.27. The normalized spacial score (nSPS) is 11.7. The van der Waals surface area contributed by atoms with Crippen LogP contribution < -0.4 is 14.8 Å². The first kappa shape index (κ1) is 21.0. The van der Waals surface area contributed by atoms with Crippen LogP contribution in [0.5, 0.6) is 11.5 Å². The van der Waals surface area contributed by atoms with E-state index in [1.54, 1.807) is 24.3 Å². The third-order valence-electron chi connectivity index (χ3n) is 4.75. The lowest BCUT2D eigenvalue weighted by atomic mass is 10.1. The number of hydrogen-bond donors (Lipinski definition) is 1. The third-order valence-corrected chi connectivity index (χ3v) is 4.75. The predicted molar refractivity (Wildman–Crippen MR) is 120 cm³/mol. The molecule has 0 bridgehead atoms. The molecule has 0 saturated heterocycles. The molecule has 160 valence electrons. The molecule has 0 spiro atoms. The number of rotatable bonds is 4. The van der Waals surface area contributed by atoms with E-state index in [2.05, 4.69) is 17.2 Å². The molecule has 3 aromatic carbocycles. The summed E-state index contributed by atoms with van der Waals surface area (Å²) in [5.41, 5.74) is 3.38. The highest BCUT2D eigenvalue weighted by Gasteiger charge is 2.13. The minimum absolute atomic E-state index is 0.141. The maximum absolute atomic E-state index is 12.5. The summed E-state index contributed by atoms with van der Waals surface area (Å²) < 4.78 is 15.8. The smallest absolute Gasteiger partial charge is 0.337 e. The Kier molecular flexibility index (Phi) is 6.38. The van der Waals surface area contributed by atoms with E-state index in [-0.39, 0.29) is 12.3 Å². The van der Waals surface area contributed by atoms with Gasteiger partial charge in [0.2, 0.25) is 5.91 Å². The molecule has 4 rings (SSSR count). The summed E-state index contributed by atoms with van der Waals surface area (Å²) >= 11 is 0. The fourth-order valence-corrected chi connectivity index (χ4v) is 3.25. The van der Waals surface area contributed by atoms with Crippen LogP contribution >= 0.6 is 0 Å². The van der Waals surface area contributed by atoms with Crippen molar-refractivity contribution >= 4 is 17.6 Å². The van der Waals surface area contributed by atoms with Crippen LogP contribution in [0, 0.1) is 11.8 Å². The van der Waals surface area contributed by atoms with E-state index in [1.165, 1.54) is 7.11 Å². The highest BCUT2D eigenvalue weighted by molar-refractivity contribution is 5.92. The van der Waals surface area contributed by atoms with Crippen LogP contribution in [-0.2, 0) is 16.0 Å². The van der Waals surface area contributed by atoms with E-state index in [0.717, 1.165) is 11.1 Å². The van der Waals surface area contributed by atoms with E-state index in [0.29, 0.717) is 41.5 Å². The van der Waals surface area contributed by atoms with Crippen LogP contribution in [0.3, 0.4) is 0 Å². The number of hydrogen-bond acceptors (Lipinski definition) is 5. The number of ether oxygens (including phenoxy) is 3. The summed E-state index contributed by atoms with van der Waals surface area (Å²) in [4.78, 5) is 24.2. The van der Waals surface area contributed by atoms with Crippen molar-refractivity contribution in [2.24, 2.45) is 0 Å². The molecular weight excluding hydrogens is 406 g/mol. The van der Waals surface area contributed by atoms with Gasteiger partial charge in [-0.2, -0.15) is 0 Å². The maximum Gasteiger partial charge on any atom is 0.337 e. The second-order valence-corrected chi connectivity index (χ2v) is 7.11. The van der Waals surface area contributed by atoms with Crippen molar-refractivity contribution in [1.82, 2.24) is 0 Å². The van der Waals surface area contributed by atoms with Gasteiger partial charge in [-0.3, -0.25) is 4.79 Å². The van der Waals surface area contributed by atoms with Crippen molar-refractivity contribution in [1.29, 1.82) is 0 Å². The number of fused-ring (bicyclic) bond motifs is 1. The molecule has 0 fully saturated rings. The predicted octanol–water partition coefficient (Wildman–Crippen LogP) is 3.83. The molecule has 1 heterocycles. The second-order valence-electron chi connectivity index (χ2n) is 7.11. The standard InChI is InChI=1S/C26H21NO5/c1-30-26(29)21-6-2-4-18(14-21)8-9-19-5-3-7-22(15-19)27-25(28)17-20-10-11-23-24(16-20)32-13-12-31-23/h2-7,10-11,14-16H,12-13,17H2,1H3,(H,27,28). The van der Waals surface area contributed by atoms with Gasteiger partial charge in [0, 0.05) is 16.8 Å². The number of nitrogens with one attached hydrogen (secondary N) is 1. The van der Waals surface area contributed by atoms with Gasteiger partial charge < -0.3 is 19.5 Å². The molecule has 3 aromatic rings. The first-order valence-electron chi connectivity index (χ1n) is 10.1. The van der Waals surface area contributed by atoms with Gasteiger partial charge in [0.15, 0.2) is 11.5 Å². The van der Waals surface area contributed by atoms with E-state index in [4.69, 9.17) is 14.2 Å².